The van der Waals surface area contributed by atoms with Crippen LogP contribution in [0.1, 0.15) is 36.8 Å². The molecule has 0 atom stereocenters. The fraction of sp³-hybridized carbons (Fsp3) is 0.278. The van der Waals surface area contributed by atoms with Crippen LogP contribution in [-0.2, 0) is 12.5 Å². The Labute approximate surface area is 144 Å². The van der Waals surface area contributed by atoms with Crippen LogP contribution >= 0.6 is 11.3 Å². The van der Waals surface area contributed by atoms with E-state index in [0.29, 0.717) is 21.5 Å². The third-order valence-electron chi connectivity index (χ3n) is 3.83. The largest absolute Gasteiger partial charge is 0.317 e. The summed E-state index contributed by atoms with van der Waals surface area (Å²) in [4.78, 5) is 29.4. The molecule has 24 heavy (non-hydrogen) atoms. The minimum absolute atomic E-state index is 0.0666. The fourth-order valence-electron chi connectivity index (χ4n) is 2.44. The van der Waals surface area contributed by atoms with E-state index in [-0.39, 0.29) is 16.9 Å². The van der Waals surface area contributed by atoms with Crippen molar-refractivity contribution < 1.29 is 4.79 Å². The Bertz CT molecular complexity index is 980. The van der Waals surface area contributed by atoms with Gasteiger partial charge in [-0.25, -0.2) is 4.98 Å². The molecule has 0 aliphatic heterocycles. The number of hydrogen-bond acceptors (Lipinski definition) is 4. The van der Waals surface area contributed by atoms with Crippen molar-refractivity contribution in [2.45, 2.75) is 26.2 Å². The number of aryl methyl sites for hydroxylation is 1. The minimum atomic E-state index is -0.267. The van der Waals surface area contributed by atoms with Crippen LogP contribution < -0.4 is 10.9 Å². The van der Waals surface area contributed by atoms with Crippen LogP contribution in [0.2, 0.25) is 0 Å². The van der Waals surface area contributed by atoms with E-state index in [1.54, 1.807) is 31.4 Å². The zero-order chi connectivity index (χ0) is 17.5. The van der Waals surface area contributed by atoms with Crippen molar-refractivity contribution in [1.82, 2.24) is 9.55 Å². The van der Waals surface area contributed by atoms with Crippen LogP contribution in [0.4, 0.5) is 5.13 Å². The summed E-state index contributed by atoms with van der Waals surface area (Å²) in [6.45, 7) is 6.23. The first-order valence-corrected chi connectivity index (χ1v) is 8.51. The van der Waals surface area contributed by atoms with Crippen LogP contribution in [0, 0.1) is 0 Å². The van der Waals surface area contributed by atoms with Crippen LogP contribution in [0.5, 0.6) is 0 Å². The minimum Gasteiger partial charge on any atom is -0.317 e. The SMILES string of the molecule is Cn1cc(C(=O)Nc2nc(C(C)(C)C)cs2)c2ccccc2c1=O. The summed E-state index contributed by atoms with van der Waals surface area (Å²) >= 11 is 1.40. The lowest BCUT2D eigenvalue weighted by molar-refractivity contribution is 0.102. The first-order chi connectivity index (χ1) is 11.3. The van der Waals surface area contributed by atoms with E-state index in [1.807, 2.05) is 11.4 Å². The second-order valence-electron chi connectivity index (χ2n) is 6.75. The van der Waals surface area contributed by atoms with E-state index in [0.717, 1.165) is 5.69 Å². The number of pyridine rings is 1. The van der Waals surface area contributed by atoms with Gasteiger partial charge in [0.2, 0.25) is 0 Å². The molecule has 2 heterocycles. The smallest absolute Gasteiger partial charge is 0.259 e. The van der Waals surface area contributed by atoms with Gasteiger partial charge >= 0.3 is 0 Å². The molecule has 3 aromatic rings. The summed E-state index contributed by atoms with van der Waals surface area (Å²) in [5.41, 5.74) is 1.21. The van der Waals surface area contributed by atoms with Crippen molar-refractivity contribution in [2.24, 2.45) is 7.05 Å². The van der Waals surface area contributed by atoms with Crippen molar-refractivity contribution in [3.8, 4) is 0 Å². The molecule has 0 spiro atoms. The number of benzene rings is 1. The van der Waals surface area contributed by atoms with Crippen LogP contribution in [0.15, 0.2) is 40.6 Å². The predicted octanol–water partition coefficient (Wildman–Crippen LogP) is 3.54. The average molecular weight is 341 g/mol. The lowest BCUT2D eigenvalue weighted by Crippen LogP contribution is -2.21. The van der Waals surface area contributed by atoms with E-state index >= 15 is 0 Å². The molecular weight excluding hydrogens is 322 g/mol. The van der Waals surface area contributed by atoms with E-state index in [9.17, 15) is 9.59 Å². The van der Waals surface area contributed by atoms with Gasteiger partial charge < -0.3 is 4.57 Å². The van der Waals surface area contributed by atoms with Crippen molar-refractivity contribution in [3.63, 3.8) is 0 Å². The Morgan fingerprint density at radius 1 is 1.21 bits per heavy atom. The van der Waals surface area contributed by atoms with E-state index in [4.69, 9.17) is 0 Å². The lowest BCUT2D eigenvalue weighted by atomic mass is 9.93. The number of fused-ring (bicyclic) bond motifs is 1. The van der Waals surface area contributed by atoms with Crippen LogP contribution in [-0.4, -0.2) is 15.5 Å². The number of nitrogens with one attached hydrogen (secondary N) is 1. The van der Waals surface area contributed by atoms with Gasteiger partial charge in [-0.15, -0.1) is 11.3 Å². The maximum Gasteiger partial charge on any atom is 0.259 e. The molecular formula is C18H19N3O2S. The molecule has 124 valence electrons. The van der Waals surface area contributed by atoms with Gasteiger partial charge in [0, 0.05) is 34.8 Å². The Hall–Kier alpha value is -2.47. The average Bonchev–Trinajstić information content (AvgIpc) is 2.99. The quantitative estimate of drug-likeness (QED) is 0.775. The molecule has 0 radical (unpaired) electrons. The summed E-state index contributed by atoms with van der Waals surface area (Å²) in [5, 5.41) is 6.53. The summed E-state index contributed by atoms with van der Waals surface area (Å²) in [5.74, 6) is -0.267. The molecule has 0 saturated carbocycles. The van der Waals surface area contributed by atoms with Crippen molar-refractivity contribution in [2.75, 3.05) is 5.32 Å². The topological polar surface area (TPSA) is 64.0 Å². The zero-order valence-corrected chi connectivity index (χ0v) is 14.9. The Kier molecular flexibility index (Phi) is 4.01. The number of anilines is 1. The number of carbonyl (C=O) groups excluding carboxylic acids is 1. The Balaban J connectivity index is 1.99. The van der Waals surface area contributed by atoms with Gasteiger partial charge in [-0.1, -0.05) is 39.0 Å². The predicted molar refractivity (Wildman–Crippen MR) is 98.0 cm³/mol. The Morgan fingerprint density at radius 3 is 2.50 bits per heavy atom. The molecule has 3 rings (SSSR count). The third kappa shape index (κ3) is 2.97. The lowest BCUT2D eigenvalue weighted by Gasteiger charge is -2.14. The molecule has 0 fully saturated rings. The number of rotatable bonds is 2. The Morgan fingerprint density at radius 2 is 1.88 bits per heavy atom. The van der Waals surface area contributed by atoms with Gasteiger partial charge in [-0.05, 0) is 6.07 Å². The summed E-state index contributed by atoms with van der Waals surface area (Å²) in [7, 11) is 1.65. The highest BCUT2D eigenvalue weighted by Crippen LogP contribution is 2.27. The fourth-order valence-corrected chi connectivity index (χ4v) is 3.37. The molecule has 1 N–H and O–H groups in total. The standard InChI is InChI=1S/C18H19N3O2S/c1-18(2,3)14-10-24-17(19-14)20-15(22)13-9-21(4)16(23)12-8-6-5-7-11(12)13/h5-10H,1-4H3,(H,19,20,22). The number of thiazole rings is 1. The maximum atomic E-state index is 12.7. The van der Waals surface area contributed by atoms with Gasteiger partial charge in [0.05, 0.1) is 11.3 Å². The monoisotopic (exact) mass is 341 g/mol. The second-order valence-corrected chi connectivity index (χ2v) is 7.60. The van der Waals surface area contributed by atoms with Gasteiger partial charge in [0.15, 0.2) is 5.13 Å². The number of hydrogen-bond donors (Lipinski definition) is 1. The molecule has 0 bridgehead atoms. The third-order valence-corrected chi connectivity index (χ3v) is 4.59. The van der Waals surface area contributed by atoms with Gasteiger partial charge in [0.25, 0.3) is 11.5 Å². The van der Waals surface area contributed by atoms with Crippen molar-refractivity contribution >= 4 is 33.1 Å². The maximum absolute atomic E-state index is 12.7. The van der Waals surface area contributed by atoms with Crippen molar-refractivity contribution in [3.05, 3.63) is 57.5 Å². The second kappa shape index (κ2) is 5.87. The highest BCUT2D eigenvalue weighted by Gasteiger charge is 2.19. The molecule has 0 aliphatic rings. The number of carbonyl (C=O) groups is 1. The van der Waals surface area contributed by atoms with Crippen molar-refractivity contribution in [1.29, 1.82) is 0 Å². The van der Waals surface area contributed by atoms with Crippen LogP contribution in [0.25, 0.3) is 10.8 Å². The molecule has 2 aromatic heterocycles. The zero-order valence-electron chi connectivity index (χ0n) is 14.1. The first kappa shape index (κ1) is 16.4. The van der Waals surface area contributed by atoms with Gasteiger partial charge in [0.1, 0.15) is 0 Å². The first-order valence-electron chi connectivity index (χ1n) is 7.63. The molecule has 6 heteroatoms. The highest BCUT2D eigenvalue weighted by atomic mass is 32.1. The van der Waals surface area contributed by atoms with Gasteiger partial charge in [-0.2, -0.15) is 0 Å². The normalized spacial score (nSPS) is 11.7. The molecule has 5 nitrogen and oxygen atoms in total. The number of nitrogens with zero attached hydrogens (tertiary/aromatic N) is 2. The van der Waals surface area contributed by atoms with E-state index in [1.165, 1.54) is 15.9 Å². The number of amides is 1. The molecule has 0 aliphatic carbocycles. The number of aromatic nitrogens is 2. The van der Waals surface area contributed by atoms with Gasteiger partial charge in [-0.3, -0.25) is 14.9 Å². The van der Waals surface area contributed by atoms with Crippen LogP contribution in [0.3, 0.4) is 0 Å². The molecule has 0 saturated heterocycles. The summed E-state index contributed by atoms with van der Waals surface area (Å²) in [6, 6.07) is 7.13. The van der Waals surface area contributed by atoms with E-state index in [2.05, 4.69) is 31.1 Å². The molecule has 1 aromatic carbocycles. The summed E-state index contributed by atoms with van der Waals surface area (Å²) in [6.07, 6.45) is 1.57. The summed E-state index contributed by atoms with van der Waals surface area (Å²) < 4.78 is 1.43. The highest BCUT2D eigenvalue weighted by molar-refractivity contribution is 7.14. The molecule has 1 amide bonds. The van der Waals surface area contributed by atoms with E-state index < -0.39 is 0 Å². The molecule has 0 unspecified atom stereocenters.